The number of carbonyl (C=O) groups is 2. The largest absolute Gasteiger partial charge is 0.463 e. The molecule has 0 aromatic rings. The fourth-order valence-electron chi connectivity index (χ4n) is 3.22. The molecule has 0 unspecified atom stereocenters. The Morgan fingerprint density at radius 3 is 2.52 bits per heavy atom. The summed E-state index contributed by atoms with van der Waals surface area (Å²) in [4.78, 5) is 26.4. The molecule has 2 amide bonds. The van der Waals surface area contributed by atoms with Crippen LogP contribution in [0.5, 0.6) is 0 Å². The maximum atomic E-state index is 12.3. The summed E-state index contributed by atoms with van der Waals surface area (Å²) in [6, 6.07) is -0.581. The van der Waals surface area contributed by atoms with Crippen molar-refractivity contribution in [1.82, 2.24) is 15.5 Å². The van der Waals surface area contributed by atoms with Crippen molar-refractivity contribution in [3.05, 3.63) is 11.3 Å². The number of morpholine rings is 1. The molecule has 7 heteroatoms. The van der Waals surface area contributed by atoms with Gasteiger partial charge in [0.2, 0.25) is 0 Å². The van der Waals surface area contributed by atoms with Crippen LogP contribution in [0.25, 0.3) is 0 Å². The van der Waals surface area contributed by atoms with Crippen LogP contribution in [0.2, 0.25) is 0 Å². The van der Waals surface area contributed by atoms with Crippen LogP contribution < -0.4 is 10.6 Å². The Balaban J connectivity index is 2.24. The number of hydrogen-bond donors (Lipinski definition) is 2. The van der Waals surface area contributed by atoms with Gasteiger partial charge in [0.1, 0.15) is 0 Å². The molecule has 0 radical (unpaired) electrons. The second-order valence-corrected chi connectivity index (χ2v) is 6.12. The molecule has 0 aliphatic carbocycles. The Labute approximate surface area is 137 Å². The second-order valence-electron chi connectivity index (χ2n) is 6.12. The molecule has 2 N–H and O–H groups in total. The zero-order chi connectivity index (χ0) is 17.0. The van der Waals surface area contributed by atoms with E-state index in [1.807, 2.05) is 20.8 Å². The van der Waals surface area contributed by atoms with Gasteiger partial charge in [-0.2, -0.15) is 0 Å². The number of carbonyl (C=O) groups excluding carboxylic acids is 2. The number of amides is 2. The number of esters is 1. The van der Waals surface area contributed by atoms with Gasteiger partial charge >= 0.3 is 12.0 Å². The summed E-state index contributed by atoms with van der Waals surface area (Å²) in [5.74, 6) is -0.365. The molecule has 1 fully saturated rings. The lowest BCUT2D eigenvalue weighted by molar-refractivity contribution is -0.139. The number of urea groups is 1. The summed E-state index contributed by atoms with van der Waals surface area (Å²) < 4.78 is 10.9. The highest BCUT2D eigenvalue weighted by Gasteiger charge is 2.33. The number of hydrogen-bond acceptors (Lipinski definition) is 5. The van der Waals surface area contributed by atoms with Crippen LogP contribution in [0.3, 0.4) is 0 Å². The summed E-state index contributed by atoms with van der Waals surface area (Å²) >= 11 is 0. The van der Waals surface area contributed by atoms with Gasteiger partial charge in [0.05, 0.1) is 30.4 Å². The first-order valence-corrected chi connectivity index (χ1v) is 8.30. The topological polar surface area (TPSA) is 79.9 Å². The van der Waals surface area contributed by atoms with Crippen LogP contribution in [0, 0.1) is 0 Å². The van der Waals surface area contributed by atoms with E-state index in [-0.39, 0.29) is 30.3 Å². The van der Waals surface area contributed by atoms with E-state index < -0.39 is 0 Å². The summed E-state index contributed by atoms with van der Waals surface area (Å²) in [5.41, 5.74) is 1.17. The third-order valence-electron chi connectivity index (χ3n) is 4.02. The SMILES string of the molecule is CCOC(=O)C1=C(CN2C[C@@H](C)O[C@@H](C)C2)NC(=O)N[C@@H]1CC. The Morgan fingerprint density at radius 1 is 1.30 bits per heavy atom. The maximum Gasteiger partial charge on any atom is 0.337 e. The molecule has 2 aliphatic heterocycles. The van der Waals surface area contributed by atoms with Gasteiger partial charge < -0.3 is 20.1 Å². The normalized spacial score (nSPS) is 29.0. The van der Waals surface area contributed by atoms with E-state index in [9.17, 15) is 9.59 Å². The van der Waals surface area contributed by atoms with E-state index in [0.29, 0.717) is 30.8 Å². The van der Waals surface area contributed by atoms with Crippen LogP contribution in [-0.2, 0) is 14.3 Å². The predicted molar refractivity (Wildman–Crippen MR) is 85.9 cm³/mol. The average molecular weight is 325 g/mol. The average Bonchev–Trinajstić information content (AvgIpc) is 2.45. The molecule has 0 saturated carbocycles. The zero-order valence-electron chi connectivity index (χ0n) is 14.3. The Bertz CT molecular complexity index is 482. The molecule has 1 saturated heterocycles. The van der Waals surface area contributed by atoms with Crippen LogP contribution >= 0.6 is 0 Å². The molecule has 7 nitrogen and oxygen atoms in total. The van der Waals surface area contributed by atoms with Crippen LogP contribution in [0.1, 0.15) is 34.1 Å². The molecule has 3 atom stereocenters. The van der Waals surface area contributed by atoms with Crippen molar-refractivity contribution in [2.45, 2.75) is 52.4 Å². The van der Waals surface area contributed by atoms with Crippen molar-refractivity contribution < 1.29 is 19.1 Å². The van der Waals surface area contributed by atoms with E-state index in [2.05, 4.69) is 15.5 Å². The fourth-order valence-corrected chi connectivity index (χ4v) is 3.22. The molecule has 0 bridgehead atoms. The highest BCUT2D eigenvalue weighted by Crippen LogP contribution is 2.19. The number of rotatable bonds is 5. The Morgan fingerprint density at radius 2 is 1.96 bits per heavy atom. The summed E-state index contributed by atoms with van der Waals surface area (Å²) in [5, 5.41) is 5.58. The van der Waals surface area contributed by atoms with E-state index >= 15 is 0 Å². The van der Waals surface area contributed by atoms with Gasteiger partial charge in [-0.25, -0.2) is 9.59 Å². The highest BCUT2D eigenvalue weighted by molar-refractivity contribution is 5.94. The van der Waals surface area contributed by atoms with Crippen LogP contribution in [0.4, 0.5) is 4.79 Å². The van der Waals surface area contributed by atoms with Crippen LogP contribution in [-0.4, -0.2) is 61.4 Å². The molecule has 0 aromatic carbocycles. The highest BCUT2D eigenvalue weighted by atomic mass is 16.5. The lowest BCUT2D eigenvalue weighted by Gasteiger charge is -2.37. The Kier molecular flexibility index (Phi) is 6.01. The minimum Gasteiger partial charge on any atom is -0.463 e. The molecule has 0 aromatic heterocycles. The number of nitrogens with one attached hydrogen (secondary N) is 2. The standard InChI is InChI=1S/C16H27N3O4/c1-5-12-14(15(20)22-6-2)13(18-16(21)17-12)9-19-7-10(3)23-11(4)8-19/h10-12H,5-9H2,1-4H3,(H2,17,18,21)/t10-,11+,12-/m1/s1. The minimum absolute atomic E-state index is 0.129. The van der Waals surface area contributed by atoms with Gasteiger partial charge in [-0.3, -0.25) is 4.90 Å². The first kappa shape index (κ1) is 17.7. The molecular formula is C16H27N3O4. The van der Waals surface area contributed by atoms with Gasteiger partial charge in [-0.1, -0.05) is 6.92 Å². The third-order valence-corrected chi connectivity index (χ3v) is 4.02. The smallest absolute Gasteiger partial charge is 0.337 e. The molecule has 2 aliphatic rings. The number of ether oxygens (including phenoxy) is 2. The van der Waals surface area contributed by atoms with Crippen molar-refractivity contribution in [3.8, 4) is 0 Å². The molecule has 130 valence electrons. The van der Waals surface area contributed by atoms with Crippen molar-refractivity contribution in [2.75, 3.05) is 26.2 Å². The number of nitrogens with zero attached hydrogens (tertiary/aromatic N) is 1. The quantitative estimate of drug-likeness (QED) is 0.737. The Hall–Kier alpha value is -1.60. The monoisotopic (exact) mass is 325 g/mol. The summed E-state index contributed by atoms with van der Waals surface area (Å²) in [7, 11) is 0. The van der Waals surface area contributed by atoms with Gasteiger partial charge in [-0.05, 0) is 27.2 Å². The van der Waals surface area contributed by atoms with Gasteiger partial charge in [0.15, 0.2) is 0 Å². The molecular weight excluding hydrogens is 298 g/mol. The molecule has 0 spiro atoms. The fraction of sp³-hybridized carbons (Fsp3) is 0.750. The van der Waals surface area contributed by atoms with Crippen LogP contribution in [0.15, 0.2) is 11.3 Å². The molecule has 23 heavy (non-hydrogen) atoms. The van der Waals surface area contributed by atoms with E-state index in [1.165, 1.54) is 0 Å². The summed E-state index contributed by atoms with van der Waals surface area (Å²) in [6.07, 6.45) is 0.899. The van der Waals surface area contributed by atoms with Crippen molar-refractivity contribution in [3.63, 3.8) is 0 Å². The molecule has 2 heterocycles. The molecule has 2 rings (SSSR count). The van der Waals surface area contributed by atoms with Gasteiger partial charge in [0, 0.05) is 25.3 Å². The van der Waals surface area contributed by atoms with Crippen molar-refractivity contribution >= 4 is 12.0 Å². The minimum atomic E-state index is -0.365. The zero-order valence-corrected chi connectivity index (χ0v) is 14.3. The van der Waals surface area contributed by atoms with Crippen molar-refractivity contribution in [2.24, 2.45) is 0 Å². The third kappa shape index (κ3) is 4.45. The van der Waals surface area contributed by atoms with Gasteiger partial charge in [-0.15, -0.1) is 0 Å². The van der Waals surface area contributed by atoms with E-state index in [1.54, 1.807) is 6.92 Å². The van der Waals surface area contributed by atoms with Crippen molar-refractivity contribution in [1.29, 1.82) is 0 Å². The first-order chi connectivity index (χ1) is 10.9. The van der Waals surface area contributed by atoms with E-state index in [0.717, 1.165) is 13.1 Å². The first-order valence-electron chi connectivity index (χ1n) is 8.30. The second kappa shape index (κ2) is 7.79. The maximum absolute atomic E-state index is 12.3. The lowest BCUT2D eigenvalue weighted by Crippen LogP contribution is -2.54. The summed E-state index contributed by atoms with van der Waals surface area (Å²) in [6.45, 7) is 10.1. The predicted octanol–water partition coefficient (Wildman–Crippen LogP) is 1.00. The van der Waals surface area contributed by atoms with E-state index in [4.69, 9.17) is 9.47 Å². The lowest BCUT2D eigenvalue weighted by atomic mass is 9.99. The van der Waals surface area contributed by atoms with Gasteiger partial charge in [0.25, 0.3) is 0 Å².